The van der Waals surface area contributed by atoms with E-state index in [1.807, 2.05) is 24.3 Å². The highest BCUT2D eigenvalue weighted by atomic mass is 31.2. The quantitative estimate of drug-likeness (QED) is 0.0348. The lowest BCUT2D eigenvalue weighted by Gasteiger charge is -2.61. The number of carbonyl (C=O) groups excluding carboxylic acids is 1. The topological polar surface area (TPSA) is 205 Å². The van der Waals surface area contributed by atoms with Crippen molar-refractivity contribution in [1.29, 1.82) is 0 Å². The lowest BCUT2D eigenvalue weighted by atomic mass is 9.43. The van der Waals surface area contributed by atoms with E-state index >= 15 is 0 Å². The summed E-state index contributed by atoms with van der Waals surface area (Å²) in [7, 11) is -16.1. The van der Waals surface area contributed by atoms with Gasteiger partial charge in [-0.05, 0) is 181 Å². The van der Waals surface area contributed by atoms with Crippen molar-refractivity contribution >= 4 is 37.1 Å². The number of ketones is 1. The smallest absolute Gasteiger partial charge is 0.404 e. The monoisotopic (exact) mass is 1360 g/mol. The SMILES string of the molecule is C1CCOC1.C=C1C[C@H](c2c(OP(=O)(OCC)OCC)cc(C(C)(C)CCCCCC)cc2OP(=O)(OCC)OCC)[C@@H]2C[C@H]1C2(C)C.CCCCCCC(C)(C)c1cc(OP(=O)(OCC)OCC)c([C@H]2CC(=O)[C@H]3C[C@@H]2C3(C)C)c(OP(=O)(OCC)OCC)c1. The minimum absolute atomic E-state index is 0.000267. The number of unbranched alkanes of at least 4 members (excludes halogenated alkanes) is 6. The summed E-state index contributed by atoms with van der Waals surface area (Å²) >= 11 is 0. The highest BCUT2D eigenvalue weighted by Crippen LogP contribution is 2.70. The van der Waals surface area contributed by atoms with Crippen LogP contribution >= 0.6 is 31.3 Å². The highest BCUT2D eigenvalue weighted by molar-refractivity contribution is 7.49. The van der Waals surface area contributed by atoms with Gasteiger partial charge in [0.05, 0.1) is 52.9 Å². The largest absolute Gasteiger partial charge is 0.530 e. The highest BCUT2D eigenvalue weighted by Gasteiger charge is 2.60. The number of phosphoric acid groups is 4. The Morgan fingerprint density at radius 1 is 0.462 bits per heavy atom. The molecule has 1 heterocycles. The number of ether oxygens (including phenoxy) is 1. The molecule has 7 aliphatic rings. The summed E-state index contributed by atoms with van der Waals surface area (Å²) in [5.41, 5.74) is 3.29. The summed E-state index contributed by atoms with van der Waals surface area (Å²) < 4.78 is 130. The van der Waals surface area contributed by atoms with E-state index in [0.717, 1.165) is 95.0 Å². The third kappa shape index (κ3) is 20.6. The van der Waals surface area contributed by atoms with E-state index in [2.05, 4.69) is 75.8 Å². The molecule has 1 saturated heterocycles. The fourth-order valence-electron chi connectivity index (χ4n) is 14.1. The molecule has 2 aromatic rings. The van der Waals surface area contributed by atoms with E-state index < -0.39 is 31.3 Å². The molecule has 2 aromatic carbocycles. The summed E-state index contributed by atoms with van der Waals surface area (Å²) in [6.45, 7) is 43.2. The number of phosphoric ester groups is 4. The molecule has 91 heavy (non-hydrogen) atoms. The molecule has 4 bridgehead atoms. The van der Waals surface area contributed by atoms with E-state index in [0.29, 0.717) is 35.0 Å². The van der Waals surface area contributed by atoms with Crippen LogP contribution in [0.2, 0.25) is 0 Å². The van der Waals surface area contributed by atoms with Crippen molar-refractivity contribution in [1.82, 2.24) is 0 Å². The fourth-order valence-corrected chi connectivity index (χ4v) is 18.9. The summed E-state index contributed by atoms with van der Waals surface area (Å²) in [6.07, 6.45) is 16.0. The standard InChI is InChI=1S/C33H56O8P2.C32H54O9P2.C4H8O/c1-11-16-17-18-19-32(7,8)25-21-29(40-42(34,36-12-2)37-13-3)31(26-20-24(6)27-23-28(26)33(27,9)10)30(22-25)41-43(35,38-14-4)39-15-5;1-10-15-16-17-18-31(6,7)23-19-28(40-42(34,36-11-2)37-12-3)30(24-21-27(33)26-22-25(24)32(26,8)9)29(20-23)41-43(35,38-13-4)39-14-5;1-2-4-5-3-1/h21-22,26-28H,6,11-20,23H2,1-5,7-10H3;19-20,24-26H,10-18,21-22H2,1-9H3;1-4H2/t26-,27+,28-;24-,25-,26+;/m00./s1. The lowest BCUT2D eigenvalue weighted by Crippen LogP contribution is -2.56. The zero-order valence-corrected chi connectivity index (χ0v) is 62.6. The van der Waals surface area contributed by atoms with Crippen molar-refractivity contribution in [3.63, 3.8) is 0 Å². The summed E-state index contributed by atoms with van der Waals surface area (Å²) in [5.74, 6) is 1.85. The van der Waals surface area contributed by atoms with E-state index in [4.69, 9.17) is 59.0 Å². The van der Waals surface area contributed by atoms with Gasteiger partial charge in [0.2, 0.25) is 0 Å². The minimum atomic E-state index is -4.04. The van der Waals surface area contributed by atoms with Crippen LogP contribution in [-0.4, -0.2) is 71.9 Å². The Bertz CT molecular complexity index is 2510. The Balaban J connectivity index is 0.000000306. The predicted molar refractivity (Wildman–Crippen MR) is 362 cm³/mol. The Morgan fingerprint density at radius 2 is 0.758 bits per heavy atom. The first-order valence-corrected chi connectivity index (χ1v) is 40.2. The first-order valence-electron chi connectivity index (χ1n) is 34.4. The Hall–Kier alpha value is -2.39. The molecule has 0 unspecified atom stereocenters. The number of hydrogen-bond acceptors (Lipinski definition) is 18. The number of Topliss-reactive ketones (excluding diaryl/α,β-unsaturated/α-hetero) is 1. The first-order chi connectivity index (χ1) is 42.9. The summed E-state index contributed by atoms with van der Waals surface area (Å²) in [4.78, 5) is 13.3. The second kappa shape index (κ2) is 35.2. The summed E-state index contributed by atoms with van der Waals surface area (Å²) in [5, 5.41) is 0. The van der Waals surface area contributed by atoms with Gasteiger partial charge in [-0.25, -0.2) is 18.3 Å². The zero-order chi connectivity index (χ0) is 67.6. The van der Waals surface area contributed by atoms with Gasteiger partial charge >= 0.3 is 31.3 Å². The van der Waals surface area contributed by atoms with Crippen LogP contribution in [0.15, 0.2) is 36.4 Å². The molecule has 9 rings (SSSR count). The van der Waals surface area contributed by atoms with Crippen LogP contribution in [0.3, 0.4) is 0 Å². The molecular weight excluding hydrogens is 1240 g/mol. The Morgan fingerprint density at radius 3 is 1.00 bits per heavy atom. The maximum atomic E-state index is 13.9. The predicted octanol–water partition coefficient (Wildman–Crippen LogP) is 21.3. The maximum Gasteiger partial charge on any atom is 0.530 e. The molecule has 0 radical (unpaired) electrons. The molecule has 0 amide bonds. The fraction of sp³-hybridized carbons (Fsp3) is 0.783. The second-order valence-electron chi connectivity index (χ2n) is 27.2. The van der Waals surface area contributed by atoms with Crippen LogP contribution < -0.4 is 18.1 Å². The van der Waals surface area contributed by atoms with Crippen LogP contribution in [0.1, 0.15) is 261 Å². The van der Waals surface area contributed by atoms with Gasteiger partial charge in [-0.2, -0.15) is 0 Å². The molecule has 0 aromatic heterocycles. The van der Waals surface area contributed by atoms with Crippen molar-refractivity contribution in [3.8, 4) is 23.0 Å². The lowest BCUT2D eigenvalue weighted by molar-refractivity contribution is -0.151. The molecule has 7 fully saturated rings. The van der Waals surface area contributed by atoms with E-state index in [9.17, 15) is 23.1 Å². The third-order valence-electron chi connectivity index (χ3n) is 19.2. The van der Waals surface area contributed by atoms with Gasteiger partial charge < -0.3 is 22.8 Å². The number of hydrogen-bond donors (Lipinski definition) is 0. The van der Waals surface area contributed by atoms with Crippen molar-refractivity contribution in [2.24, 2.45) is 34.5 Å². The number of carbonyl (C=O) groups is 1. The Kier molecular flexibility index (Phi) is 30.7. The molecule has 0 N–H and O–H groups in total. The van der Waals surface area contributed by atoms with Crippen molar-refractivity contribution in [3.05, 3.63) is 58.7 Å². The normalized spacial score (nSPS) is 22.0. The van der Waals surface area contributed by atoms with Gasteiger partial charge in [-0.3, -0.25) is 41.0 Å². The van der Waals surface area contributed by atoms with Gasteiger partial charge in [-0.15, -0.1) is 0 Å². The molecule has 522 valence electrons. The second-order valence-corrected chi connectivity index (χ2v) is 33.5. The Labute approximate surface area is 548 Å². The average Bonchev–Trinajstić information content (AvgIpc) is 1.32. The minimum Gasteiger partial charge on any atom is -0.404 e. The van der Waals surface area contributed by atoms with E-state index in [1.165, 1.54) is 24.8 Å². The first kappa shape index (κ1) is 79.3. The zero-order valence-electron chi connectivity index (χ0n) is 59.0. The molecular formula is C69H118O18P4. The average molecular weight is 1360 g/mol. The molecule has 0 spiro atoms. The third-order valence-corrected chi connectivity index (χ3v) is 25.5. The van der Waals surface area contributed by atoms with Gasteiger partial charge in [0.25, 0.3) is 0 Å². The number of benzene rings is 2. The van der Waals surface area contributed by atoms with Crippen molar-refractivity contribution in [2.75, 3.05) is 66.1 Å². The maximum absolute atomic E-state index is 13.9. The van der Waals surface area contributed by atoms with Crippen LogP contribution in [0.5, 0.6) is 23.0 Å². The molecule has 6 saturated carbocycles. The molecule has 6 atom stereocenters. The van der Waals surface area contributed by atoms with Gasteiger partial charge in [0.1, 0.15) is 28.8 Å². The van der Waals surface area contributed by atoms with Gasteiger partial charge in [0, 0.05) is 42.6 Å². The number of allylic oxidation sites excluding steroid dienone is 1. The molecule has 6 aliphatic carbocycles. The van der Waals surface area contributed by atoms with Crippen molar-refractivity contribution < 1.29 is 82.1 Å². The van der Waals surface area contributed by atoms with Crippen molar-refractivity contribution in [2.45, 2.75) is 250 Å². The van der Waals surface area contributed by atoms with E-state index in [-0.39, 0.29) is 128 Å². The molecule has 1 aliphatic heterocycles. The van der Waals surface area contributed by atoms with Crippen LogP contribution in [-0.2, 0) is 74.8 Å². The number of fused-ring (bicyclic) bond motifs is 4. The van der Waals surface area contributed by atoms with Crippen LogP contribution in [0, 0.1) is 34.5 Å². The van der Waals surface area contributed by atoms with E-state index in [1.54, 1.807) is 55.4 Å². The van der Waals surface area contributed by atoms with Gasteiger partial charge in [-0.1, -0.05) is 133 Å². The number of rotatable bonds is 38. The molecule has 22 heteroatoms. The van der Waals surface area contributed by atoms with Crippen LogP contribution in [0.4, 0.5) is 0 Å². The van der Waals surface area contributed by atoms with Crippen LogP contribution in [0.25, 0.3) is 0 Å². The molecule has 18 nitrogen and oxygen atoms in total. The summed E-state index contributed by atoms with van der Waals surface area (Å²) in [6, 6.07) is 7.67. The van der Waals surface area contributed by atoms with Gasteiger partial charge in [0.15, 0.2) is 0 Å².